The van der Waals surface area contributed by atoms with Crippen LogP contribution in [0.4, 0.5) is 5.69 Å². The number of anilines is 1. The Kier molecular flexibility index (Phi) is 3.37. The zero-order valence-electron chi connectivity index (χ0n) is 11.3. The number of carboxylic acid groups (broad SMARTS) is 1. The van der Waals surface area contributed by atoms with E-state index in [2.05, 4.69) is 0 Å². The van der Waals surface area contributed by atoms with Crippen molar-refractivity contribution in [1.82, 2.24) is 0 Å². The number of aliphatic carboxylic acids is 1. The molecule has 21 heavy (non-hydrogen) atoms. The lowest BCUT2D eigenvalue weighted by atomic mass is 10.00. The Morgan fingerprint density at radius 1 is 1.14 bits per heavy atom. The number of fused-ring (bicyclic) bond motifs is 1. The zero-order valence-corrected chi connectivity index (χ0v) is 11.3. The van der Waals surface area contributed by atoms with Crippen molar-refractivity contribution in [3.63, 3.8) is 0 Å². The molecule has 0 radical (unpaired) electrons. The number of imide groups is 1. The minimum atomic E-state index is -1.06. The SMILES string of the molecule is O=C(O)COc1ccc(N2C(=O)C3CCCC3C2=O)cc1. The fourth-order valence-corrected chi connectivity index (χ4v) is 3.08. The summed E-state index contributed by atoms with van der Waals surface area (Å²) < 4.78 is 5.03. The first-order chi connectivity index (χ1) is 10.1. The van der Waals surface area contributed by atoms with Gasteiger partial charge in [0.15, 0.2) is 6.61 Å². The van der Waals surface area contributed by atoms with Crippen molar-refractivity contribution in [1.29, 1.82) is 0 Å². The van der Waals surface area contributed by atoms with Gasteiger partial charge in [-0.2, -0.15) is 0 Å². The van der Waals surface area contributed by atoms with Gasteiger partial charge in [-0.1, -0.05) is 6.42 Å². The van der Waals surface area contributed by atoms with Crippen LogP contribution in [0.15, 0.2) is 24.3 Å². The summed E-state index contributed by atoms with van der Waals surface area (Å²) in [6, 6.07) is 6.34. The number of hydrogen-bond acceptors (Lipinski definition) is 4. The molecule has 1 saturated carbocycles. The Balaban J connectivity index is 1.76. The van der Waals surface area contributed by atoms with Gasteiger partial charge in [0.2, 0.25) is 11.8 Å². The van der Waals surface area contributed by atoms with Crippen molar-refractivity contribution in [3.05, 3.63) is 24.3 Å². The van der Waals surface area contributed by atoms with Crippen molar-refractivity contribution in [2.75, 3.05) is 11.5 Å². The molecular formula is C15H15NO5. The number of rotatable bonds is 4. The molecule has 0 bridgehead atoms. The first kappa shape index (κ1) is 13.6. The van der Waals surface area contributed by atoms with Gasteiger partial charge < -0.3 is 9.84 Å². The van der Waals surface area contributed by atoms with E-state index in [0.717, 1.165) is 19.3 Å². The van der Waals surface area contributed by atoms with Crippen molar-refractivity contribution < 1.29 is 24.2 Å². The molecule has 2 unspecified atom stereocenters. The van der Waals surface area contributed by atoms with Gasteiger partial charge in [-0.05, 0) is 37.1 Å². The molecule has 2 amide bonds. The molecule has 1 aromatic carbocycles. The molecule has 2 atom stereocenters. The molecule has 110 valence electrons. The number of benzene rings is 1. The van der Waals surface area contributed by atoms with Crippen molar-refractivity contribution in [2.24, 2.45) is 11.8 Å². The molecule has 6 heteroatoms. The normalized spacial score (nSPS) is 24.3. The van der Waals surface area contributed by atoms with Crippen LogP contribution in [0.3, 0.4) is 0 Å². The summed E-state index contributed by atoms with van der Waals surface area (Å²) in [5, 5.41) is 8.54. The second-order valence-corrected chi connectivity index (χ2v) is 5.33. The number of hydrogen-bond donors (Lipinski definition) is 1. The molecule has 0 spiro atoms. The van der Waals surface area contributed by atoms with E-state index in [-0.39, 0.29) is 23.7 Å². The molecule has 2 aliphatic rings. The van der Waals surface area contributed by atoms with E-state index in [9.17, 15) is 14.4 Å². The van der Waals surface area contributed by atoms with Gasteiger partial charge in [-0.3, -0.25) is 14.5 Å². The van der Waals surface area contributed by atoms with Crippen molar-refractivity contribution in [3.8, 4) is 5.75 Å². The fourth-order valence-electron chi connectivity index (χ4n) is 3.08. The summed E-state index contributed by atoms with van der Waals surface area (Å²) in [5.41, 5.74) is 0.516. The molecule has 1 aliphatic carbocycles. The average molecular weight is 289 g/mol. The van der Waals surface area contributed by atoms with Gasteiger partial charge in [0.1, 0.15) is 5.75 Å². The lowest BCUT2D eigenvalue weighted by Crippen LogP contribution is -2.31. The molecule has 1 heterocycles. The molecule has 2 fully saturated rings. The largest absolute Gasteiger partial charge is 0.482 e. The van der Waals surface area contributed by atoms with E-state index >= 15 is 0 Å². The summed E-state index contributed by atoms with van der Waals surface area (Å²) >= 11 is 0. The molecule has 3 rings (SSSR count). The highest BCUT2D eigenvalue weighted by Gasteiger charge is 2.50. The average Bonchev–Trinajstić information content (AvgIpc) is 3.03. The second kappa shape index (κ2) is 5.20. The molecule has 6 nitrogen and oxygen atoms in total. The third-order valence-corrected chi connectivity index (χ3v) is 4.05. The third kappa shape index (κ3) is 2.37. The monoisotopic (exact) mass is 289 g/mol. The van der Waals surface area contributed by atoms with Crippen LogP contribution in [0.5, 0.6) is 5.75 Å². The maximum Gasteiger partial charge on any atom is 0.341 e. The summed E-state index contributed by atoms with van der Waals surface area (Å²) in [4.78, 5) is 36.3. The van der Waals surface area contributed by atoms with Gasteiger partial charge in [0.25, 0.3) is 0 Å². The zero-order chi connectivity index (χ0) is 15.0. The van der Waals surface area contributed by atoms with Crippen molar-refractivity contribution in [2.45, 2.75) is 19.3 Å². The van der Waals surface area contributed by atoms with Crippen molar-refractivity contribution >= 4 is 23.5 Å². The number of amides is 2. The summed E-state index contributed by atoms with van der Waals surface area (Å²) in [7, 11) is 0. The fraction of sp³-hybridized carbons (Fsp3) is 0.400. The Labute approximate surface area is 121 Å². The van der Waals surface area contributed by atoms with Gasteiger partial charge in [-0.15, -0.1) is 0 Å². The van der Waals surface area contributed by atoms with E-state index < -0.39 is 12.6 Å². The smallest absolute Gasteiger partial charge is 0.341 e. The lowest BCUT2D eigenvalue weighted by molar-refractivity contribution is -0.139. The highest BCUT2D eigenvalue weighted by Crippen LogP contribution is 2.41. The summed E-state index contributed by atoms with van der Waals surface area (Å²) in [5.74, 6) is -1.25. The maximum absolute atomic E-state index is 12.3. The van der Waals surface area contributed by atoms with Crippen LogP contribution < -0.4 is 9.64 Å². The number of carbonyl (C=O) groups excluding carboxylic acids is 2. The minimum absolute atomic E-state index is 0.123. The van der Waals surface area contributed by atoms with Crippen LogP contribution in [0.2, 0.25) is 0 Å². The first-order valence-electron chi connectivity index (χ1n) is 6.90. The Morgan fingerprint density at radius 2 is 1.71 bits per heavy atom. The molecule has 1 aliphatic heterocycles. The molecule has 1 saturated heterocycles. The van der Waals surface area contributed by atoms with Crippen LogP contribution >= 0.6 is 0 Å². The van der Waals surface area contributed by atoms with E-state index in [1.807, 2.05) is 0 Å². The van der Waals surface area contributed by atoms with Gasteiger partial charge >= 0.3 is 5.97 Å². The number of carboxylic acids is 1. The molecule has 1 N–H and O–H groups in total. The molecule has 1 aromatic rings. The van der Waals surface area contributed by atoms with Crippen LogP contribution in [0, 0.1) is 11.8 Å². The Morgan fingerprint density at radius 3 is 2.24 bits per heavy atom. The first-order valence-corrected chi connectivity index (χ1v) is 6.90. The van der Waals surface area contributed by atoms with E-state index in [0.29, 0.717) is 11.4 Å². The van der Waals surface area contributed by atoms with E-state index in [1.165, 1.54) is 4.90 Å². The van der Waals surface area contributed by atoms with Crippen LogP contribution in [0.25, 0.3) is 0 Å². The van der Waals surface area contributed by atoms with E-state index in [4.69, 9.17) is 9.84 Å². The Bertz CT molecular complexity index is 573. The van der Waals surface area contributed by atoms with Gasteiger partial charge in [0, 0.05) is 0 Å². The third-order valence-electron chi connectivity index (χ3n) is 4.05. The summed E-state index contributed by atoms with van der Waals surface area (Å²) in [6.07, 6.45) is 2.50. The van der Waals surface area contributed by atoms with E-state index in [1.54, 1.807) is 24.3 Å². The standard InChI is InChI=1S/C15H15NO5/c17-13(18)8-21-10-6-4-9(5-7-10)16-14(19)11-2-1-3-12(11)15(16)20/h4-7,11-12H,1-3,8H2,(H,17,18). The quantitative estimate of drug-likeness (QED) is 0.848. The molecular weight excluding hydrogens is 274 g/mol. The van der Waals surface area contributed by atoms with Gasteiger partial charge in [-0.25, -0.2) is 4.79 Å². The predicted molar refractivity (Wildman–Crippen MR) is 72.9 cm³/mol. The maximum atomic E-state index is 12.3. The Hall–Kier alpha value is -2.37. The number of carbonyl (C=O) groups is 3. The molecule has 0 aromatic heterocycles. The topological polar surface area (TPSA) is 83.9 Å². The lowest BCUT2D eigenvalue weighted by Gasteiger charge is -2.16. The predicted octanol–water partition coefficient (Wildman–Crippen LogP) is 1.44. The van der Waals surface area contributed by atoms with Crippen LogP contribution in [-0.4, -0.2) is 29.5 Å². The second-order valence-electron chi connectivity index (χ2n) is 5.33. The number of ether oxygens (including phenoxy) is 1. The summed E-state index contributed by atoms with van der Waals surface area (Å²) in [6.45, 7) is -0.426. The number of nitrogens with zero attached hydrogens (tertiary/aromatic N) is 1. The van der Waals surface area contributed by atoms with Crippen LogP contribution in [0.1, 0.15) is 19.3 Å². The van der Waals surface area contributed by atoms with Crippen LogP contribution in [-0.2, 0) is 14.4 Å². The minimum Gasteiger partial charge on any atom is -0.482 e. The van der Waals surface area contributed by atoms with Gasteiger partial charge in [0.05, 0.1) is 17.5 Å². The highest BCUT2D eigenvalue weighted by molar-refractivity contribution is 6.22. The highest BCUT2D eigenvalue weighted by atomic mass is 16.5.